The van der Waals surface area contributed by atoms with E-state index in [1.807, 2.05) is 18.4 Å². The molecular weight excluding hydrogens is 386 g/mol. The van der Waals surface area contributed by atoms with E-state index in [-0.39, 0.29) is 22.9 Å². The minimum absolute atomic E-state index is 0.0248. The van der Waals surface area contributed by atoms with Crippen molar-refractivity contribution in [2.24, 2.45) is 0 Å². The Bertz CT molecular complexity index is 936. The van der Waals surface area contributed by atoms with Crippen LogP contribution < -0.4 is 5.32 Å². The Labute approximate surface area is 163 Å². The lowest BCUT2D eigenvalue weighted by atomic mass is 10.2. The van der Waals surface area contributed by atoms with Gasteiger partial charge in [-0.05, 0) is 42.1 Å². The summed E-state index contributed by atoms with van der Waals surface area (Å²) in [6, 6.07) is 7.73. The molecule has 9 heteroatoms. The number of sulfonamides is 1. The van der Waals surface area contributed by atoms with Gasteiger partial charge in [-0.3, -0.25) is 9.59 Å². The molecule has 0 saturated carbocycles. The van der Waals surface area contributed by atoms with Crippen LogP contribution in [-0.2, 0) is 21.4 Å². The SMILES string of the molecule is Cc1ccsc1CN(C)C(=O)CNC(=O)c1cccc(S(=O)(=O)N(C)C)c1. The standard InChI is InChI=1S/C18H23N3O4S2/c1-13-8-9-26-16(13)12-21(4)17(22)11-19-18(23)14-6-5-7-15(10-14)27(24,25)20(2)3/h5-10H,11-12H2,1-4H3,(H,19,23). The summed E-state index contributed by atoms with van der Waals surface area (Å²) in [5.41, 5.74) is 1.31. The van der Waals surface area contributed by atoms with E-state index in [0.29, 0.717) is 6.54 Å². The van der Waals surface area contributed by atoms with Crippen molar-refractivity contribution in [3.8, 4) is 0 Å². The molecule has 0 bridgehead atoms. The molecule has 0 aliphatic carbocycles. The van der Waals surface area contributed by atoms with Gasteiger partial charge in [0.25, 0.3) is 5.91 Å². The molecule has 0 spiro atoms. The van der Waals surface area contributed by atoms with Crippen LogP contribution in [0.1, 0.15) is 20.8 Å². The van der Waals surface area contributed by atoms with E-state index in [1.54, 1.807) is 23.3 Å². The van der Waals surface area contributed by atoms with Gasteiger partial charge >= 0.3 is 0 Å². The van der Waals surface area contributed by atoms with Crippen LogP contribution in [0.2, 0.25) is 0 Å². The molecule has 2 amide bonds. The predicted octanol–water partition coefficient (Wildman–Crippen LogP) is 1.70. The third-order valence-corrected chi connectivity index (χ3v) is 6.87. The Kier molecular flexibility index (Phi) is 6.74. The molecule has 0 aliphatic heterocycles. The molecular formula is C18H23N3O4S2. The number of carbonyl (C=O) groups excluding carboxylic acids is 2. The molecule has 0 unspecified atom stereocenters. The Morgan fingerprint density at radius 3 is 2.44 bits per heavy atom. The van der Waals surface area contributed by atoms with Crippen molar-refractivity contribution in [3.05, 3.63) is 51.7 Å². The highest BCUT2D eigenvalue weighted by atomic mass is 32.2. The van der Waals surface area contributed by atoms with Crippen molar-refractivity contribution in [1.82, 2.24) is 14.5 Å². The second-order valence-corrected chi connectivity index (χ2v) is 9.43. The molecule has 2 rings (SSSR count). The Balaban J connectivity index is 1.99. The Hall–Kier alpha value is -2.23. The first-order chi connectivity index (χ1) is 12.6. The number of aryl methyl sites for hydroxylation is 1. The van der Waals surface area contributed by atoms with Gasteiger partial charge in [0.15, 0.2) is 0 Å². The summed E-state index contributed by atoms with van der Waals surface area (Å²) in [5.74, 6) is -0.729. The van der Waals surface area contributed by atoms with E-state index in [0.717, 1.165) is 14.7 Å². The molecule has 1 aromatic carbocycles. The van der Waals surface area contributed by atoms with Crippen LogP contribution >= 0.6 is 11.3 Å². The maximum Gasteiger partial charge on any atom is 0.251 e. The highest BCUT2D eigenvalue weighted by molar-refractivity contribution is 7.89. The summed E-state index contributed by atoms with van der Waals surface area (Å²) < 4.78 is 25.4. The van der Waals surface area contributed by atoms with Crippen molar-refractivity contribution in [2.45, 2.75) is 18.4 Å². The van der Waals surface area contributed by atoms with E-state index in [2.05, 4.69) is 5.32 Å². The number of rotatable bonds is 7. The molecule has 0 aliphatic rings. The molecule has 0 saturated heterocycles. The minimum atomic E-state index is -3.63. The fourth-order valence-electron chi connectivity index (χ4n) is 2.27. The number of likely N-dealkylation sites (N-methyl/N-ethyl adjacent to an activating group) is 1. The van der Waals surface area contributed by atoms with Crippen LogP contribution in [0.5, 0.6) is 0 Å². The smallest absolute Gasteiger partial charge is 0.251 e. The van der Waals surface area contributed by atoms with Crippen LogP contribution in [0.15, 0.2) is 40.6 Å². The summed E-state index contributed by atoms with van der Waals surface area (Å²) >= 11 is 1.58. The van der Waals surface area contributed by atoms with Gasteiger partial charge in [-0.25, -0.2) is 12.7 Å². The average molecular weight is 410 g/mol. The van der Waals surface area contributed by atoms with Gasteiger partial charge in [0.05, 0.1) is 18.0 Å². The number of carbonyl (C=O) groups is 2. The third-order valence-electron chi connectivity index (χ3n) is 4.05. The zero-order chi connectivity index (χ0) is 20.2. The molecule has 0 atom stereocenters. The lowest BCUT2D eigenvalue weighted by Gasteiger charge is -2.17. The topological polar surface area (TPSA) is 86.8 Å². The lowest BCUT2D eigenvalue weighted by Crippen LogP contribution is -2.37. The van der Waals surface area contributed by atoms with E-state index in [9.17, 15) is 18.0 Å². The highest BCUT2D eigenvalue weighted by Crippen LogP contribution is 2.17. The van der Waals surface area contributed by atoms with Gasteiger partial charge in [0.1, 0.15) is 0 Å². The first-order valence-corrected chi connectivity index (χ1v) is 10.5. The molecule has 1 heterocycles. The summed E-state index contributed by atoms with van der Waals surface area (Å²) in [5, 5.41) is 4.52. The molecule has 7 nitrogen and oxygen atoms in total. The molecule has 0 fully saturated rings. The Morgan fingerprint density at radius 1 is 1.15 bits per heavy atom. The van der Waals surface area contributed by atoms with Crippen LogP contribution in [-0.4, -0.2) is 57.1 Å². The number of hydrogen-bond acceptors (Lipinski definition) is 5. The predicted molar refractivity (Wildman–Crippen MR) is 105 cm³/mol. The number of amides is 2. The second kappa shape index (κ2) is 8.64. The van der Waals surface area contributed by atoms with Gasteiger partial charge < -0.3 is 10.2 Å². The molecule has 27 heavy (non-hydrogen) atoms. The first kappa shape index (κ1) is 21.1. The van der Waals surface area contributed by atoms with Crippen molar-refractivity contribution < 1.29 is 18.0 Å². The Morgan fingerprint density at radius 2 is 1.85 bits per heavy atom. The minimum Gasteiger partial charge on any atom is -0.343 e. The van der Waals surface area contributed by atoms with Crippen LogP contribution in [0.3, 0.4) is 0 Å². The van der Waals surface area contributed by atoms with Gasteiger partial charge in [-0.1, -0.05) is 6.07 Å². The van der Waals surface area contributed by atoms with Crippen LogP contribution in [0.25, 0.3) is 0 Å². The monoisotopic (exact) mass is 409 g/mol. The highest BCUT2D eigenvalue weighted by Gasteiger charge is 2.19. The number of nitrogens with zero attached hydrogens (tertiary/aromatic N) is 2. The number of hydrogen-bond donors (Lipinski definition) is 1. The zero-order valence-corrected chi connectivity index (χ0v) is 17.4. The van der Waals surface area contributed by atoms with Gasteiger partial charge in [0.2, 0.25) is 15.9 Å². The number of nitrogens with one attached hydrogen (secondary N) is 1. The molecule has 1 N–H and O–H groups in total. The number of benzene rings is 1. The normalized spacial score (nSPS) is 11.4. The molecule has 0 radical (unpaired) electrons. The van der Waals surface area contributed by atoms with Crippen molar-refractivity contribution >= 4 is 33.2 Å². The van der Waals surface area contributed by atoms with Crippen molar-refractivity contribution in [1.29, 1.82) is 0 Å². The van der Waals surface area contributed by atoms with Crippen molar-refractivity contribution in [3.63, 3.8) is 0 Å². The lowest BCUT2D eigenvalue weighted by molar-refractivity contribution is -0.129. The fourth-order valence-corrected chi connectivity index (χ4v) is 4.18. The zero-order valence-electron chi connectivity index (χ0n) is 15.7. The van der Waals surface area contributed by atoms with E-state index >= 15 is 0 Å². The maximum absolute atomic E-state index is 12.3. The summed E-state index contributed by atoms with van der Waals surface area (Å²) in [6.07, 6.45) is 0. The molecule has 146 valence electrons. The molecule has 2 aromatic rings. The van der Waals surface area contributed by atoms with Crippen molar-refractivity contribution in [2.75, 3.05) is 27.7 Å². The summed E-state index contributed by atoms with van der Waals surface area (Å²) in [7, 11) is 0.892. The summed E-state index contributed by atoms with van der Waals surface area (Å²) in [4.78, 5) is 27.2. The van der Waals surface area contributed by atoms with E-state index in [4.69, 9.17) is 0 Å². The third kappa shape index (κ3) is 5.15. The largest absolute Gasteiger partial charge is 0.343 e. The maximum atomic E-state index is 12.3. The van der Waals surface area contributed by atoms with E-state index in [1.165, 1.54) is 38.4 Å². The quantitative estimate of drug-likeness (QED) is 0.754. The molecule has 1 aromatic heterocycles. The first-order valence-electron chi connectivity index (χ1n) is 8.20. The van der Waals surface area contributed by atoms with Gasteiger partial charge in [0, 0.05) is 31.6 Å². The van der Waals surface area contributed by atoms with Gasteiger partial charge in [-0.15, -0.1) is 11.3 Å². The van der Waals surface area contributed by atoms with E-state index < -0.39 is 15.9 Å². The average Bonchev–Trinajstić information content (AvgIpc) is 3.03. The fraction of sp³-hybridized carbons (Fsp3) is 0.333. The van der Waals surface area contributed by atoms with Crippen LogP contribution in [0, 0.1) is 6.92 Å². The van der Waals surface area contributed by atoms with Crippen LogP contribution in [0.4, 0.5) is 0 Å². The second-order valence-electron chi connectivity index (χ2n) is 6.27. The van der Waals surface area contributed by atoms with Gasteiger partial charge in [-0.2, -0.15) is 0 Å². The summed E-state index contributed by atoms with van der Waals surface area (Å²) in [6.45, 7) is 2.31. The number of thiophene rings is 1.